The second kappa shape index (κ2) is 14.2. The highest BCUT2D eigenvalue weighted by atomic mass is 79.9. The lowest BCUT2D eigenvalue weighted by molar-refractivity contribution is -0.146. The van der Waals surface area contributed by atoms with Crippen molar-refractivity contribution in [3.63, 3.8) is 0 Å². The molecule has 0 saturated carbocycles. The van der Waals surface area contributed by atoms with Crippen LogP contribution in [0.15, 0.2) is 98.1 Å². The molecule has 8 atom stereocenters. The Morgan fingerprint density at radius 2 is 1.73 bits per heavy atom. The zero-order valence-corrected chi connectivity index (χ0v) is 30.0. The topological polar surface area (TPSA) is 81.2 Å². The molecular formula is C39H44BrN3O4S. The first-order valence-corrected chi connectivity index (χ1v) is 18.6. The van der Waals surface area contributed by atoms with Gasteiger partial charge >= 0.3 is 0 Å². The molecular weight excluding hydrogens is 686 g/mol. The molecule has 3 unspecified atom stereocenters. The maximum absolute atomic E-state index is 15.2. The fourth-order valence-corrected chi connectivity index (χ4v) is 11.7. The number of amides is 3. The molecule has 3 aliphatic heterocycles. The van der Waals surface area contributed by atoms with Gasteiger partial charge in [0.15, 0.2) is 0 Å². The predicted octanol–water partition coefficient (Wildman–Crippen LogP) is 6.45. The highest BCUT2D eigenvalue weighted by Gasteiger charge is 2.76. The van der Waals surface area contributed by atoms with E-state index in [9.17, 15) is 14.7 Å². The van der Waals surface area contributed by atoms with E-state index in [1.807, 2.05) is 86.6 Å². The van der Waals surface area contributed by atoms with Crippen LogP contribution in [0.3, 0.4) is 0 Å². The minimum absolute atomic E-state index is 0.0653. The largest absolute Gasteiger partial charge is 0.394 e. The fraction of sp³-hybridized carbons (Fsp3) is 0.410. The summed E-state index contributed by atoms with van der Waals surface area (Å²) in [4.78, 5) is 50.0. The minimum atomic E-state index is -0.873. The minimum Gasteiger partial charge on any atom is -0.394 e. The van der Waals surface area contributed by atoms with E-state index >= 15 is 4.79 Å². The van der Waals surface area contributed by atoms with E-state index in [4.69, 9.17) is 0 Å². The number of anilines is 1. The van der Waals surface area contributed by atoms with E-state index in [0.717, 1.165) is 28.4 Å². The van der Waals surface area contributed by atoms with Crippen molar-refractivity contribution in [2.75, 3.05) is 24.6 Å². The summed E-state index contributed by atoms with van der Waals surface area (Å²) in [5.74, 6) is -1.92. The average molecular weight is 731 g/mol. The number of nitrogens with zero attached hydrogens (tertiary/aromatic N) is 3. The lowest BCUT2D eigenvalue weighted by atomic mass is 9.70. The summed E-state index contributed by atoms with van der Waals surface area (Å²) < 4.78 is -0.850. The first-order valence-electron chi connectivity index (χ1n) is 16.8. The number of rotatable bonds is 13. The summed E-state index contributed by atoms with van der Waals surface area (Å²) in [5, 5.41) is 12.7. The molecule has 3 amide bonds. The third kappa shape index (κ3) is 5.81. The molecule has 1 spiro atoms. The highest BCUT2D eigenvalue weighted by molar-refractivity contribution is 9.09. The van der Waals surface area contributed by atoms with Crippen molar-refractivity contribution in [1.29, 1.82) is 0 Å². The van der Waals surface area contributed by atoms with Crippen molar-refractivity contribution in [2.45, 2.75) is 60.1 Å². The molecule has 0 aliphatic carbocycles. The molecule has 3 fully saturated rings. The van der Waals surface area contributed by atoms with Crippen LogP contribution in [-0.4, -0.2) is 79.2 Å². The second-order valence-corrected chi connectivity index (χ2v) is 16.0. The molecule has 252 valence electrons. The Morgan fingerprint density at radius 3 is 2.40 bits per heavy atom. The van der Waals surface area contributed by atoms with Gasteiger partial charge in [0.1, 0.15) is 6.04 Å². The number of aliphatic hydroxyl groups is 1. The Morgan fingerprint density at radius 1 is 1.04 bits per heavy atom. The molecule has 3 saturated heterocycles. The van der Waals surface area contributed by atoms with Crippen LogP contribution in [0.1, 0.15) is 32.3 Å². The lowest BCUT2D eigenvalue weighted by Crippen LogP contribution is -2.59. The molecule has 2 bridgehead atoms. The molecule has 6 rings (SSSR count). The van der Waals surface area contributed by atoms with Crippen LogP contribution in [0.5, 0.6) is 0 Å². The van der Waals surface area contributed by atoms with Crippen LogP contribution in [0.4, 0.5) is 5.69 Å². The maximum atomic E-state index is 15.2. The number of carbonyl (C=O) groups excluding carboxylic acids is 3. The van der Waals surface area contributed by atoms with Gasteiger partial charge in [-0.05, 0) is 40.8 Å². The van der Waals surface area contributed by atoms with Gasteiger partial charge in [-0.2, -0.15) is 0 Å². The van der Waals surface area contributed by atoms with Gasteiger partial charge < -0.3 is 19.8 Å². The number of alkyl halides is 1. The van der Waals surface area contributed by atoms with Crippen LogP contribution < -0.4 is 4.90 Å². The van der Waals surface area contributed by atoms with E-state index in [0.29, 0.717) is 19.5 Å². The molecule has 7 nitrogen and oxygen atoms in total. The number of aliphatic hydroxyl groups excluding tert-OH is 1. The summed E-state index contributed by atoms with van der Waals surface area (Å²) >= 11 is 5.53. The first-order chi connectivity index (χ1) is 23.2. The number of thioether (sulfide) groups is 1. The predicted molar refractivity (Wildman–Crippen MR) is 198 cm³/mol. The van der Waals surface area contributed by atoms with E-state index in [1.165, 1.54) is 0 Å². The molecule has 9 heteroatoms. The highest BCUT2D eigenvalue weighted by Crippen LogP contribution is 2.68. The fourth-order valence-electron chi connectivity index (χ4n) is 8.15. The zero-order valence-electron chi connectivity index (χ0n) is 27.6. The van der Waals surface area contributed by atoms with Gasteiger partial charge in [0.2, 0.25) is 11.8 Å². The molecule has 3 heterocycles. The Kier molecular flexibility index (Phi) is 10.2. The Bertz CT molecular complexity index is 1700. The number of halogens is 1. The maximum Gasteiger partial charge on any atom is 0.251 e. The first kappa shape index (κ1) is 34.5. The van der Waals surface area contributed by atoms with Crippen molar-refractivity contribution in [3.05, 3.63) is 104 Å². The Hall–Kier alpha value is -3.40. The third-order valence-electron chi connectivity index (χ3n) is 10.6. The molecule has 0 aromatic heterocycles. The van der Waals surface area contributed by atoms with Crippen molar-refractivity contribution < 1.29 is 19.5 Å². The molecule has 0 radical (unpaired) electrons. The quantitative estimate of drug-likeness (QED) is 0.162. The van der Waals surface area contributed by atoms with Crippen molar-refractivity contribution in [2.24, 2.45) is 17.8 Å². The molecule has 3 aromatic rings. The lowest BCUT2D eigenvalue weighted by Gasteiger charge is -2.41. The standard InChI is InChI=1S/C39H44BrN3O4S/c1-5-19-41(23-26-13-9-8-10-14-26)36(45)32-33-37(46)43(31(24-44)25(4)7-3)35(39(33)22-30(40)34(32)48-39)38(47)42(20-6-2)29-18-17-27-15-11-12-16-28(27)21-29/h5-6,8-18,21,25,30-35,44H,1-2,7,19-20,22-24H2,3-4H3/t25-,30?,31-,32+,33-,34+,35?,39?/m0/s1. The Balaban J connectivity index is 1.45. The van der Waals surface area contributed by atoms with Gasteiger partial charge in [-0.1, -0.05) is 109 Å². The van der Waals surface area contributed by atoms with Gasteiger partial charge in [-0.25, -0.2) is 0 Å². The van der Waals surface area contributed by atoms with E-state index in [2.05, 4.69) is 29.1 Å². The van der Waals surface area contributed by atoms with Gasteiger partial charge in [-0.15, -0.1) is 24.9 Å². The number of hydrogen-bond donors (Lipinski definition) is 1. The summed E-state index contributed by atoms with van der Waals surface area (Å²) in [6, 6.07) is 22.3. The smallest absolute Gasteiger partial charge is 0.251 e. The summed E-state index contributed by atoms with van der Waals surface area (Å²) in [5.41, 5.74) is 1.71. The SMILES string of the molecule is C=CCN(Cc1ccccc1)C(=O)[C@H]1[C@@H]2SC3(CC2Br)C(C(=O)N(CC=C)c2ccc4ccccc4c2)N([C@@H](CO)[C@@H](C)CC)C(=O)[C@H]13. The van der Waals surface area contributed by atoms with Crippen LogP contribution in [0.2, 0.25) is 0 Å². The van der Waals surface area contributed by atoms with Crippen LogP contribution in [-0.2, 0) is 20.9 Å². The van der Waals surface area contributed by atoms with E-state index in [1.54, 1.807) is 38.6 Å². The van der Waals surface area contributed by atoms with Gasteiger partial charge in [0, 0.05) is 35.4 Å². The number of benzene rings is 3. The molecule has 1 N–H and O–H groups in total. The zero-order chi connectivity index (χ0) is 34.2. The monoisotopic (exact) mass is 729 g/mol. The van der Waals surface area contributed by atoms with Crippen LogP contribution >= 0.6 is 27.7 Å². The van der Waals surface area contributed by atoms with Crippen molar-refractivity contribution in [3.8, 4) is 0 Å². The number of hydrogen-bond acceptors (Lipinski definition) is 5. The number of fused-ring (bicyclic) bond motifs is 2. The Labute approximate surface area is 296 Å². The van der Waals surface area contributed by atoms with Gasteiger partial charge in [-0.3, -0.25) is 14.4 Å². The van der Waals surface area contributed by atoms with Crippen molar-refractivity contribution >= 4 is 61.9 Å². The van der Waals surface area contributed by atoms with Crippen molar-refractivity contribution in [1.82, 2.24) is 9.80 Å². The van der Waals surface area contributed by atoms with Gasteiger partial charge in [0.05, 0.1) is 29.2 Å². The summed E-state index contributed by atoms with van der Waals surface area (Å²) in [7, 11) is 0. The van der Waals surface area contributed by atoms with Crippen LogP contribution in [0.25, 0.3) is 10.8 Å². The van der Waals surface area contributed by atoms with E-state index in [-0.39, 0.29) is 46.9 Å². The summed E-state index contributed by atoms with van der Waals surface area (Å²) in [6.07, 6.45) is 4.71. The van der Waals surface area contributed by atoms with Crippen LogP contribution in [0, 0.1) is 17.8 Å². The molecule has 3 aliphatic rings. The third-order valence-corrected chi connectivity index (χ3v) is 13.8. The van der Waals surface area contributed by atoms with E-state index < -0.39 is 28.7 Å². The number of likely N-dealkylation sites (tertiary alicyclic amines) is 1. The summed E-state index contributed by atoms with van der Waals surface area (Å²) in [6.45, 7) is 12.6. The average Bonchev–Trinajstić information content (AvgIpc) is 3.70. The second-order valence-electron chi connectivity index (χ2n) is 13.3. The molecule has 48 heavy (non-hydrogen) atoms. The molecule has 3 aromatic carbocycles. The van der Waals surface area contributed by atoms with Gasteiger partial charge in [0.25, 0.3) is 5.91 Å². The number of carbonyl (C=O) groups is 3. The normalized spacial score (nSPS) is 27.0.